The van der Waals surface area contributed by atoms with Gasteiger partial charge in [0.25, 0.3) is 11.6 Å². The van der Waals surface area contributed by atoms with Crippen molar-refractivity contribution in [3.63, 3.8) is 0 Å². The van der Waals surface area contributed by atoms with Crippen LogP contribution in [0.25, 0.3) is 0 Å². The molecular formula is C12H13N3O3. The number of benzene rings is 1. The van der Waals surface area contributed by atoms with Gasteiger partial charge in [-0.05, 0) is 19.4 Å². The lowest BCUT2D eigenvalue weighted by atomic mass is 10.0. The summed E-state index contributed by atoms with van der Waals surface area (Å²) in [5.74, 6) is -0.401. The molecule has 6 nitrogen and oxygen atoms in total. The lowest BCUT2D eigenvalue weighted by Crippen LogP contribution is -2.25. The van der Waals surface area contributed by atoms with Crippen LogP contribution in [0.2, 0.25) is 0 Å². The second kappa shape index (κ2) is 4.56. The summed E-state index contributed by atoms with van der Waals surface area (Å²) in [5.41, 5.74) is 1.18. The van der Waals surface area contributed by atoms with Crippen molar-refractivity contribution in [3.05, 3.63) is 34.4 Å². The highest BCUT2D eigenvalue weighted by Gasteiger charge is 2.32. The van der Waals surface area contributed by atoms with Gasteiger partial charge in [0.05, 0.1) is 22.2 Å². The van der Waals surface area contributed by atoms with Crippen molar-refractivity contribution in [1.82, 2.24) is 0 Å². The standard InChI is InChI=1S/C12H13N3O3/c1-3-11-8(2)12(16)14(13-11)9-5-4-6-10(7-9)15(17)18/h4-8H,3H2,1-2H3. The number of carbonyl (C=O) groups is 1. The summed E-state index contributed by atoms with van der Waals surface area (Å²) in [5, 5.41) is 16.2. The molecule has 1 aromatic carbocycles. The minimum atomic E-state index is -0.488. The molecule has 2 rings (SSSR count). The van der Waals surface area contributed by atoms with E-state index in [0.717, 1.165) is 5.71 Å². The molecule has 0 aromatic heterocycles. The van der Waals surface area contributed by atoms with Crippen LogP contribution in [-0.4, -0.2) is 16.5 Å². The Bertz CT molecular complexity index is 539. The second-order valence-corrected chi connectivity index (χ2v) is 4.09. The van der Waals surface area contributed by atoms with Crippen molar-refractivity contribution >= 4 is 23.0 Å². The molecule has 0 bridgehead atoms. The molecule has 18 heavy (non-hydrogen) atoms. The fraction of sp³-hybridized carbons (Fsp3) is 0.333. The molecule has 1 amide bonds. The topological polar surface area (TPSA) is 75.8 Å². The van der Waals surface area contributed by atoms with Crippen LogP contribution in [0.15, 0.2) is 29.4 Å². The third kappa shape index (κ3) is 1.97. The predicted molar refractivity (Wildman–Crippen MR) is 67.5 cm³/mol. The third-order valence-electron chi connectivity index (χ3n) is 2.95. The van der Waals surface area contributed by atoms with Crippen LogP contribution >= 0.6 is 0 Å². The van der Waals surface area contributed by atoms with E-state index in [-0.39, 0.29) is 17.5 Å². The van der Waals surface area contributed by atoms with Gasteiger partial charge in [-0.3, -0.25) is 14.9 Å². The molecule has 1 aliphatic heterocycles. The number of nitrogens with zero attached hydrogens (tertiary/aromatic N) is 3. The van der Waals surface area contributed by atoms with Gasteiger partial charge in [-0.2, -0.15) is 10.1 Å². The van der Waals surface area contributed by atoms with Crippen LogP contribution in [0.4, 0.5) is 11.4 Å². The highest BCUT2D eigenvalue weighted by Crippen LogP contribution is 2.27. The maximum atomic E-state index is 12.0. The normalized spacial score (nSPS) is 19.0. The number of hydrogen-bond acceptors (Lipinski definition) is 4. The van der Waals surface area contributed by atoms with Crippen molar-refractivity contribution in [2.75, 3.05) is 5.01 Å². The molecular weight excluding hydrogens is 234 g/mol. The first-order valence-corrected chi connectivity index (χ1v) is 5.70. The quantitative estimate of drug-likeness (QED) is 0.607. The van der Waals surface area contributed by atoms with E-state index in [0.29, 0.717) is 12.1 Å². The van der Waals surface area contributed by atoms with Crippen LogP contribution in [0.3, 0.4) is 0 Å². The van der Waals surface area contributed by atoms with Crippen LogP contribution in [-0.2, 0) is 4.79 Å². The Hall–Kier alpha value is -2.24. The average Bonchev–Trinajstić information content (AvgIpc) is 2.66. The molecule has 0 spiro atoms. The number of hydrazone groups is 1. The van der Waals surface area contributed by atoms with Crippen molar-refractivity contribution in [1.29, 1.82) is 0 Å². The Morgan fingerprint density at radius 2 is 2.22 bits per heavy atom. The molecule has 6 heteroatoms. The van der Waals surface area contributed by atoms with Crippen LogP contribution in [0.1, 0.15) is 20.3 Å². The zero-order valence-electron chi connectivity index (χ0n) is 10.2. The molecule has 1 aliphatic rings. The molecule has 0 saturated heterocycles. The van der Waals surface area contributed by atoms with E-state index in [1.165, 1.54) is 17.1 Å². The van der Waals surface area contributed by atoms with Gasteiger partial charge in [0.1, 0.15) is 0 Å². The van der Waals surface area contributed by atoms with Gasteiger partial charge in [-0.25, -0.2) is 0 Å². The summed E-state index contributed by atoms with van der Waals surface area (Å²) >= 11 is 0. The van der Waals surface area contributed by atoms with Gasteiger partial charge in [0.2, 0.25) is 0 Å². The van der Waals surface area contributed by atoms with E-state index in [9.17, 15) is 14.9 Å². The fourth-order valence-electron chi connectivity index (χ4n) is 1.89. The molecule has 0 radical (unpaired) electrons. The van der Waals surface area contributed by atoms with Gasteiger partial charge in [-0.1, -0.05) is 13.0 Å². The second-order valence-electron chi connectivity index (χ2n) is 4.09. The highest BCUT2D eigenvalue weighted by atomic mass is 16.6. The van der Waals surface area contributed by atoms with Gasteiger partial charge >= 0.3 is 0 Å². The van der Waals surface area contributed by atoms with Gasteiger partial charge < -0.3 is 0 Å². The van der Waals surface area contributed by atoms with Gasteiger partial charge in [0.15, 0.2) is 0 Å². The van der Waals surface area contributed by atoms with Gasteiger partial charge in [0, 0.05) is 12.1 Å². The predicted octanol–water partition coefficient (Wildman–Crippen LogP) is 2.34. The third-order valence-corrected chi connectivity index (χ3v) is 2.95. The lowest BCUT2D eigenvalue weighted by molar-refractivity contribution is -0.384. The fourth-order valence-corrected chi connectivity index (χ4v) is 1.89. The lowest BCUT2D eigenvalue weighted by Gasteiger charge is -2.12. The number of nitro groups is 1. The number of rotatable bonds is 3. The number of anilines is 1. The number of non-ortho nitro benzene ring substituents is 1. The molecule has 1 heterocycles. The average molecular weight is 247 g/mol. The monoisotopic (exact) mass is 247 g/mol. The summed E-state index contributed by atoms with van der Waals surface area (Å²) in [6, 6.07) is 5.93. The molecule has 0 N–H and O–H groups in total. The summed E-state index contributed by atoms with van der Waals surface area (Å²) in [7, 11) is 0. The first-order chi connectivity index (χ1) is 8.54. The van der Waals surface area contributed by atoms with Crippen molar-refractivity contribution < 1.29 is 9.72 Å². The molecule has 94 valence electrons. The summed E-state index contributed by atoms with van der Waals surface area (Å²) < 4.78 is 0. The van der Waals surface area contributed by atoms with Crippen molar-refractivity contribution in [3.8, 4) is 0 Å². The number of nitro benzene ring substituents is 1. The van der Waals surface area contributed by atoms with Crippen molar-refractivity contribution in [2.24, 2.45) is 11.0 Å². The molecule has 0 aliphatic carbocycles. The van der Waals surface area contributed by atoms with Gasteiger partial charge in [-0.15, -0.1) is 0 Å². The molecule has 1 atom stereocenters. The van der Waals surface area contributed by atoms with E-state index in [1.807, 2.05) is 6.92 Å². The molecule has 0 fully saturated rings. The number of hydrogen-bond donors (Lipinski definition) is 0. The first kappa shape index (κ1) is 12.2. The number of amides is 1. The van der Waals surface area contributed by atoms with E-state index >= 15 is 0 Å². The Balaban J connectivity index is 2.38. The summed E-state index contributed by atoms with van der Waals surface area (Å²) in [4.78, 5) is 22.2. The Morgan fingerprint density at radius 1 is 1.50 bits per heavy atom. The molecule has 1 unspecified atom stereocenters. The number of carbonyl (C=O) groups excluding carboxylic acids is 1. The zero-order chi connectivity index (χ0) is 13.3. The van der Waals surface area contributed by atoms with E-state index in [4.69, 9.17) is 0 Å². The SMILES string of the molecule is CCC1=NN(c2cccc([N+](=O)[O-])c2)C(=O)C1C. The van der Waals surface area contributed by atoms with Crippen LogP contribution in [0, 0.1) is 16.0 Å². The summed E-state index contributed by atoms with van der Waals surface area (Å²) in [6.07, 6.45) is 0.693. The van der Waals surface area contributed by atoms with Crippen LogP contribution in [0.5, 0.6) is 0 Å². The minimum absolute atomic E-state index is 0.0481. The smallest absolute Gasteiger partial charge is 0.271 e. The van der Waals surface area contributed by atoms with E-state index in [1.54, 1.807) is 19.1 Å². The Labute approximate surface area is 104 Å². The molecule has 0 saturated carbocycles. The largest absolute Gasteiger partial charge is 0.272 e. The minimum Gasteiger partial charge on any atom is -0.272 e. The maximum Gasteiger partial charge on any atom is 0.271 e. The molecule has 1 aromatic rings. The Kier molecular flexibility index (Phi) is 3.10. The highest BCUT2D eigenvalue weighted by molar-refractivity contribution is 6.15. The zero-order valence-corrected chi connectivity index (χ0v) is 10.2. The van der Waals surface area contributed by atoms with Crippen molar-refractivity contribution in [2.45, 2.75) is 20.3 Å². The van der Waals surface area contributed by atoms with E-state index in [2.05, 4.69) is 5.10 Å². The first-order valence-electron chi connectivity index (χ1n) is 5.70. The van der Waals surface area contributed by atoms with Crippen LogP contribution < -0.4 is 5.01 Å². The van der Waals surface area contributed by atoms with E-state index < -0.39 is 4.92 Å². The summed E-state index contributed by atoms with van der Waals surface area (Å²) in [6.45, 7) is 3.72. The maximum absolute atomic E-state index is 12.0. The Morgan fingerprint density at radius 3 is 2.78 bits per heavy atom.